The van der Waals surface area contributed by atoms with Crippen molar-refractivity contribution in [3.63, 3.8) is 0 Å². The van der Waals surface area contributed by atoms with Crippen LogP contribution in [0.2, 0.25) is 0 Å². The zero-order valence-electron chi connectivity index (χ0n) is 20.7. The van der Waals surface area contributed by atoms with Gasteiger partial charge in [-0.05, 0) is 30.7 Å². The number of pyridine rings is 1. The van der Waals surface area contributed by atoms with Crippen molar-refractivity contribution in [2.75, 3.05) is 28.4 Å². The third-order valence-corrected chi connectivity index (χ3v) is 6.24. The molecule has 3 aromatic rings. The van der Waals surface area contributed by atoms with Crippen molar-refractivity contribution in [2.45, 2.75) is 19.4 Å². The number of ether oxygens (including phenoxy) is 5. The molecule has 0 unspecified atom stereocenters. The first-order valence-electron chi connectivity index (χ1n) is 11.1. The summed E-state index contributed by atoms with van der Waals surface area (Å²) >= 11 is 0. The Balaban J connectivity index is 1.95. The van der Waals surface area contributed by atoms with Gasteiger partial charge in [0.25, 0.3) is 5.56 Å². The van der Waals surface area contributed by atoms with Gasteiger partial charge in [-0.1, -0.05) is 18.2 Å². The van der Waals surface area contributed by atoms with E-state index < -0.39 is 5.92 Å². The highest BCUT2D eigenvalue weighted by Gasteiger charge is 2.37. The molecule has 0 saturated heterocycles. The van der Waals surface area contributed by atoms with Crippen LogP contribution in [-0.2, 0) is 6.54 Å². The van der Waals surface area contributed by atoms with E-state index in [1.807, 2.05) is 31.2 Å². The highest BCUT2D eigenvalue weighted by molar-refractivity contribution is 5.64. The number of nitrogens with two attached hydrogens (primary N) is 1. The zero-order valence-corrected chi connectivity index (χ0v) is 20.7. The summed E-state index contributed by atoms with van der Waals surface area (Å²) < 4.78 is 29.3. The Bertz CT molecular complexity index is 1430. The summed E-state index contributed by atoms with van der Waals surface area (Å²) in [5.41, 5.74) is 8.35. The van der Waals surface area contributed by atoms with Crippen molar-refractivity contribution in [3.05, 3.63) is 86.7 Å². The normalized spacial score (nSPS) is 14.4. The number of aryl methyl sites for hydroxylation is 1. The molecular weight excluding hydrogens is 462 g/mol. The van der Waals surface area contributed by atoms with E-state index in [9.17, 15) is 10.1 Å². The maximum absolute atomic E-state index is 14.0. The topological polar surface area (TPSA) is 118 Å². The molecule has 9 heteroatoms. The summed E-state index contributed by atoms with van der Waals surface area (Å²) in [5, 5.41) is 10.0. The summed E-state index contributed by atoms with van der Waals surface area (Å²) in [6.45, 7) is 2.14. The smallest absolute Gasteiger partial charge is 0.259 e. The molecule has 0 aliphatic carbocycles. The Hall–Kier alpha value is -4.58. The van der Waals surface area contributed by atoms with Gasteiger partial charge in [-0.15, -0.1) is 0 Å². The molecule has 0 spiro atoms. The number of nitriles is 1. The number of rotatable bonds is 7. The van der Waals surface area contributed by atoms with E-state index in [0.717, 1.165) is 11.3 Å². The van der Waals surface area contributed by atoms with Crippen molar-refractivity contribution in [3.8, 4) is 34.8 Å². The number of hydrogen-bond donors (Lipinski definition) is 1. The van der Waals surface area contributed by atoms with Crippen LogP contribution in [0.3, 0.4) is 0 Å². The lowest BCUT2D eigenvalue weighted by Crippen LogP contribution is -2.33. The van der Waals surface area contributed by atoms with E-state index in [4.69, 9.17) is 29.4 Å². The third kappa shape index (κ3) is 4.07. The molecule has 1 aliphatic heterocycles. The van der Waals surface area contributed by atoms with Crippen LogP contribution < -0.4 is 35.0 Å². The first kappa shape index (κ1) is 24.5. The Labute approximate surface area is 208 Å². The third-order valence-electron chi connectivity index (χ3n) is 6.24. The molecule has 0 fully saturated rings. The first-order chi connectivity index (χ1) is 17.4. The van der Waals surface area contributed by atoms with Crippen molar-refractivity contribution in [1.82, 2.24) is 4.57 Å². The van der Waals surface area contributed by atoms with E-state index in [1.54, 1.807) is 29.9 Å². The van der Waals surface area contributed by atoms with E-state index in [0.29, 0.717) is 40.8 Å². The molecule has 9 nitrogen and oxygen atoms in total. The SMILES string of the molecule is COc1ccc(Cn2c(C)cc3c(c2=O)[C@H](c2ccc(OC)c(OC)c2OC)C(C#N)=C(N)O3)cc1. The summed E-state index contributed by atoms with van der Waals surface area (Å²) in [6.07, 6.45) is 0. The van der Waals surface area contributed by atoms with Crippen LogP contribution in [-0.4, -0.2) is 33.0 Å². The Morgan fingerprint density at radius 3 is 2.28 bits per heavy atom. The molecular formula is C27H27N3O6. The minimum Gasteiger partial charge on any atom is -0.497 e. The van der Waals surface area contributed by atoms with Crippen LogP contribution in [0.4, 0.5) is 0 Å². The second-order valence-corrected chi connectivity index (χ2v) is 8.15. The fraction of sp³-hybridized carbons (Fsp3) is 0.259. The summed E-state index contributed by atoms with van der Waals surface area (Å²) in [4.78, 5) is 14.0. The maximum Gasteiger partial charge on any atom is 0.259 e. The van der Waals surface area contributed by atoms with Gasteiger partial charge in [0.2, 0.25) is 11.6 Å². The van der Waals surface area contributed by atoms with Gasteiger partial charge >= 0.3 is 0 Å². The standard InChI is InChI=1S/C27H27N3O6/c1-15-12-21-23(27(31)30(15)14-16-6-8-17(32-2)9-7-16)22(19(13-28)26(29)36-21)18-10-11-20(33-3)25(35-5)24(18)34-4/h6-12,22H,14,29H2,1-5H3/t22-/m1/s1. The fourth-order valence-corrected chi connectivity index (χ4v) is 4.46. The van der Waals surface area contributed by atoms with Gasteiger partial charge in [-0.25, -0.2) is 0 Å². The van der Waals surface area contributed by atoms with Gasteiger partial charge in [0.05, 0.1) is 46.5 Å². The molecule has 186 valence electrons. The second kappa shape index (κ2) is 9.96. The van der Waals surface area contributed by atoms with Crippen molar-refractivity contribution in [2.24, 2.45) is 5.73 Å². The van der Waals surface area contributed by atoms with Gasteiger partial charge in [-0.3, -0.25) is 4.79 Å². The Morgan fingerprint density at radius 2 is 1.69 bits per heavy atom. The molecule has 1 aromatic heterocycles. The quantitative estimate of drug-likeness (QED) is 0.536. The predicted octanol–water partition coefficient (Wildman–Crippen LogP) is 3.46. The zero-order chi connectivity index (χ0) is 26.0. The summed E-state index contributed by atoms with van der Waals surface area (Å²) in [6, 6.07) is 14.8. The largest absolute Gasteiger partial charge is 0.497 e. The van der Waals surface area contributed by atoms with Crippen LogP contribution in [0.25, 0.3) is 0 Å². The van der Waals surface area contributed by atoms with Crippen molar-refractivity contribution < 1.29 is 23.7 Å². The fourth-order valence-electron chi connectivity index (χ4n) is 4.46. The predicted molar refractivity (Wildman–Crippen MR) is 133 cm³/mol. The van der Waals surface area contributed by atoms with Gasteiger partial charge in [-0.2, -0.15) is 5.26 Å². The van der Waals surface area contributed by atoms with Crippen molar-refractivity contribution in [1.29, 1.82) is 5.26 Å². The van der Waals surface area contributed by atoms with Crippen molar-refractivity contribution >= 4 is 0 Å². The molecule has 2 aromatic carbocycles. The highest BCUT2D eigenvalue weighted by Crippen LogP contribution is 2.49. The summed E-state index contributed by atoms with van der Waals surface area (Å²) in [5.74, 6) is 1.22. The highest BCUT2D eigenvalue weighted by atomic mass is 16.5. The molecule has 2 N–H and O–H groups in total. The van der Waals surface area contributed by atoms with Crippen LogP contribution >= 0.6 is 0 Å². The van der Waals surface area contributed by atoms with Crippen LogP contribution in [0.15, 0.2) is 58.7 Å². The lowest BCUT2D eigenvalue weighted by atomic mass is 9.83. The number of benzene rings is 2. The maximum atomic E-state index is 14.0. The Morgan fingerprint density at radius 1 is 1.00 bits per heavy atom. The summed E-state index contributed by atoms with van der Waals surface area (Å²) in [7, 11) is 6.08. The minimum absolute atomic E-state index is 0.0708. The van der Waals surface area contributed by atoms with Crippen LogP contribution in [0, 0.1) is 18.3 Å². The van der Waals surface area contributed by atoms with E-state index in [2.05, 4.69) is 6.07 Å². The molecule has 1 atom stereocenters. The van der Waals surface area contributed by atoms with Crippen LogP contribution in [0.5, 0.6) is 28.7 Å². The molecule has 4 rings (SSSR count). The molecule has 0 saturated carbocycles. The molecule has 1 aliphatic rings. The van der Waals surface area contributed by atoms with E-state index in [1.165, 1.54) is 21.3 Å². The lowest BCUT2D eigenvalue weighted by molar-refractivity contribution is 0.321. The van der Waals surface area contributed by atoms with E-state index in [-0.39, 0.29) is 22.6 Å². The van der Waals surface area contributed by atoms with Gasteiger partial charge in [0.1, 0.15) is 23.1 Å². The van der Waals surface area contributed by atoms with Gasteiger partial charge < -0.3 is 34.0 Å². The number of fused-ring (bicyclic) bond motifs is 1. The molecule has 0 radical (unpaired) electrons. The molecule has 0 bridgehead atoms. The van der Waals surface area contributed by atoms with Crippen LogP contribution in [0.1, 0.15) is 28.3 Å². The second-order valence-electron chi connectivity index (χ2n) is 8.15. The van der Waals surface area contributed by atoms with Gasteiger partial charge in [0, 0.05) is 17.3 Å². The number of aromatic nitrogens is 1. The van der Waals surface area contributed by atoms with E-state index >= 15 is 0 Å². The molecule has 0 amide bonds. The minimum atomic E-state index is -0.844. The van der Waals surface area contributed by atoms with Gasteiger partial charge in [0.15, 0.2) is 11.5 Å². The molecule has 36 heavy (non-hydrogen) atoms. The average Bonchev–Trinajstić information content (AvgIpc) is 2.89. The number of hydrogen-bond acceptors (Lipinski definition) is 8. The molecule has 2 heterocycles. The monoisotopic (exact) mass is 489 g/mol. The average molecular weight is 490 g/mol. The lowest BCUT2D eigenvalue weighted by Gasteiger charge is -2.29. The first-order valence-corrected chi connectivity index (χ1v) is 11.1. The number of nitrogens with zero attached hydrogens (tertiary/aromatic N) is 2. The number of allylic oxidation sites excluding steroid dienone is 1. The Kier molecular flexibility index (Phi) is 6.79. The number of methoxy groups -OCH3 is 4.